The van der Waals surface area contributed by atoms with Gasteiger partial charge in [-0.15, -0.1) is 0 Å². The number of esters is 4. The summed E-state index contributed by atoms with van der Waals surface area (Å²) in [6.07, 6.45) is 70.5. The Labute approximate surface area is 597 Å². The number of aliphatic hydroxyl groups is 1. The molecular weight excluding hydrogens is 1280 g/mol. The lowest BCUT2D eigenvalue weighted by Crippen LogP contribution is -2.30. The zero-order valence-electron chi connectivity index (χ0n) is 62.5. The Hall–Kier alpha value is -3.24. The maximum Gasteiger partial charge on any atom is 0.472 e. The molecule has 0 aliphatic heterocycles. The first-order chi connectivity index (χ1) is 47.7. The molecule has 98 heavy (non-hydrogen) atoms. The minimum Gasteiger partial charge on any atom is -0.462 e. The molecular formula is C79H144O17P2. The van der Waals surface area contributed by atoms with Crippen LogP contribution in [0.2, 0.25) is 0 Å². The number of phosphoric acid groups is 2. The Morgan fingerprint density at radius 1 is 0.286 bits per heavy atom. The first-order valence-electron chi connectivity index (χ1n) is 39.5. The van der Waals surface area contributed by atoms with Gasteiger partial charge in [0.15, 0.2) is 12.2 Å². The summed E-state index contributed by atoms with van der Waals surface area (Å²) >= 11 is 0. The zero-order chi connectivity index (χ0) is 71.8. The van der Waals surface area contributed by atoms with Crippen molar-refractivity contribution >= 4 is 39.5 Å². The van der Waals surface area contributed by atoms with Crippen molar-refractivity contribution in [2.24, 2.45) is 0 Å². The topological polar surface area (TPSA) is 237 Å². The summed E-state index contributed by atoms with van der Waals surface area (Å²) in [6.45, 7) is 4.84. The molecule has 0 aliphatic rings. The van der Waals surface area contributed by atoms with Crippen LogP contribution in [-0.4, -0.2) is 96.7 Å². The quantitative estimate of drug-likeness (QED) is 0.0169. The lowest BCUT2D eigenvalue weighted by atomic mass is 10.0. The van der Waals surface area contributed by atoms with Gasteiger partial charge in [0.2, 0.25) is 0 Å². The second-order valence-corrected chi connectivity index (χ2v) is 29.6. The van der Waals surface area contributed by atoms with Crippen LogP contribution in [0.4, 0.5) is 0 Å². The smallest absolute Gasteiger partial charge is 0.462 e. The van der Waals surface area contributed by atoms with E-state index in [1.54, 1.807) is 0 Å². The van der Waals surface area contributed by atoms with Crippen molar-refractivity contribution in [3.63, 3.8) is 0 Å². The molecule has 0 amide bonds. The van der Waals surface area contributed by atoms with Crippen LogP contribution in [-0.2, 0) is 65.4 Å². The average molecular weight is 1430 g/mol. The van der Waals surface area contributed by atoms with E-state index in [9.17, 15) is 43.2 Å². The summed E-state index contributed by atoms with van der Waals surface area (Å²) in [5.41, 5.74) is 0. The van der Waals surface area contributed by atoms with E-state index in [-0.39, 0.29) is 25.7 Å². The molecule has 0 heterocycles. The third-order valence-corrected chi connectivity index (χ3v) is 18.9. The Bertz CT molecular complexity index is 2100. The number of hydrogen-bond donors (Lipinski definition) is 3. The summed E-state index contributed by atoms with van der Waals surface area (Å²) in [5.74, 6) is -2.18. The van der Waals surface area contributed by atoms with Gasteiger partial charge in [0.25, 0.3) is 0 Å². The molecule has 0 aliphatic carbocycles. The Morgan fingerprint density at radius 3 is 0.786 bits per heavy atom. The third-order valence-electron chi connectivity index (χ3n) is 17.0. The predicted molar refractivity (Wildman–Crippen MR) is 400 cm³/mol. The van der Waals surface area contributed by atoms with Crippen LogP contribution < -0.4 is 0 Å². The van der Waals surface area contributed by atoms with Crippen molar-refractivity contribution in [1.82, 2.24) is 0 Å². The normalized spacial score (nSPS) is 14.2. The fraction of sp³-hybridized carbons (Fsp3) is 0.823. The highest BCUT2D eigenvalue weighted by molar-refractivity contribution is 7.47. The van der Waals surface area contributed by atoms with E-state index < -0.39 is 97.5 Å². The molecule has 0 spiro atoms. The molecule has 0 saturated carbocycles. The molecule has 572 valence electrons. The Morgan fingerprint density at radius 2 is 0.500 bits per heavy atom. The molecule has 17 nitrogen and oxygen atoms in total. The van der Waals surface area contributed by atoms with Gasteiger partial charge in [0, 0.05) is 25.7 Å². The predicted octanol–water partition coefficient (Wildman–Crippen LogP) is 22.7. The van der Waals surface area contributed by atoms with Crippen LogP contribution in [0.25, 0.3) is 0 Å². The van der Waals surface area contributed by atoms with Crippen LogP contribution in [0.3, 0.4) is 0 Å². The van der Waals surface area contributed by atoms with Gasteiger partial charge in [-0.05, 0) is 116 Å². The van der Waals surface area contributed by atoms with Gasteiger partial charge in [-0.2, -0.15) is 0 Å². The number of rotatable bonds is 75. The van der Waals surface area contributed by atoms with Crippen molar-refractivity contribution in [3.05, 3.63) is 60.8 Å². The SMILES string of the molecule is CCCCC/C=C\C/C=C\CCCCCCCC(=O)O[C@H](COC(=O)CCCCCCC/C=C\CCCCCCCC)COP(=O)(O)OC[C@@H](O)COP(=O)(O)OC[C@@H](COC(=O)CCCCCCCCCCCCCCC)OC(=O)CCCCCCC/C=C\C/C=C\CCCCC. The zero-order valence-corrected chi connectivity index (χ0v) is 64.3. The van der Waals surface area contributed by atoms with E-state index in [0.29, 0.717) is 25.7 Å². The van der Waals surface area contributed by atoms with Gasteiger partial charge in [-0.25, -0.2) is 9.13 Å². The number of carbonyl (C=O) groups is 4. The van der Waals surface area contributed by atoms with Gasteiger partial charge in [-0.1, -0.05) is 281 Å². The Balaban J connectivity index is 5.35. The largest absolute Gasteiger partial charge is 0.472 e. The fourth-order valence-electron chi connectivity index (χ4n) is 10.9. The molecule has 0 saturated heterocycles. The van der Waals surface area contributed by atoms with Crippen LogP contribution >= 0.6 is 15.6 Å². The highest BCUT2D eigenvalue weighted by atomic mass is 31.2. The van der Waals surface area contributed by atoms with Gasteiger partial charge < -0.3 is 33.8 Å². The van der Waals surface area contributed by atoms with Gasteiger partial charge in [0.1, 0.15) is 19.3 Å². The van der Waals surface area contributed by atoms with Crippen LogP contribution in [0, 0.1) is 0 Å². The summed E-state index contributed by atoms with van der Waals surface area (Å²) in [4.78, 5) is 72.9. The van der Waals surface area contributed by atoms with E-state index in [2.05, 4.69) is 88.5 Å². The van der Waals surface area contributed by atoms with Crippen LogP contribution in [0.15, 0.2) is 60.8 Å². The number of phosphoric ester groups is 2. The minimum atomic E-state index is -4.97. The minimum absolute atomic E-state index is 0.0809. The molecule has 0 rings (SSSR count). The lowest BCUT2D eigenvalue weighted by Gasteiger charge is -2.21. The van der Waals surface area contributed by atoms with Gasteiger partial charge in [-0.3, -0.25) is 37.3 Å². The maximum atomic E-state index is 13.1. The van der Waals surface area contributed by atoms with Crippen molar-refractivity contribution < 1.29 is 80.2 Å². The summed E-state index contributed by atoms with van der Waals surface area (Å²) in [5, 5.41) is 10.6. The number of allylic oxidation sites excluding steroid dienone is 10. The molecule has 3 N–H and O–H groups in total. The molecule has 0 fully saturated rings. The number of aliphatic hydroxyl groups excluding tert-OH is 1. The standard InChI is InChI=1S/C79H144O17P2/c1-5-9-13-17-21-25-29-33-36-40-44-48-52-56-60-64-77(82)90-70-75(96-79(84)66-62-58-54-50-46-42-38-35-31-27-23-19-15-11-7-3)72-94-98(87,88)92-68-73(80)67-91-97(85,86)93-71-74(69-89-76(81)63-59-55-51-47-43-39-32-28-24-20-16-12-8-4)95-78(83)65-61-57-53-49-45-41-37-34-30-26-22-18-14-10-6-2/h22-23,26-27,33-38,73-75,80H,5-21,24-25,28-32,39-72H2,1-4H3,(H,85,86)(H,87,88)/b26-22-,27-23-,36-33-,37-34-,38-35-/t73-,74+,75+/m0/s1. The van der Waals surface area contributed by atoms with Gasteiger partial charge in [0.05, 0.1) is 26.4 Å². The fourth-order valence-corrected chi connectivity index (χ4v) is 12.4. The highest BCUT2D eigenvalue weighted by Crippen LogP contribution is 2.45. The first-order valence-corrected chi connectivity index (χ1v) is 42.5. The number of ether oxygens (including phenoxy) is 4. The second kappa shape index (κ2) is 72.1. The number of carbonyl (C=O) groups excluding carboxylic acids is 4. The monoisotopic (exact) mass is 1430 g/mol. The van der Waals surface area contributed by atoms with E-state index in [4.69, 9.17) is 37.0 Å². The molecule has 0 radical (unpaired) electrons. The van der Waals surface area contributed by atoms with Crippen molar-refractivity contribution in [1.29, 1.82) is 0 Å². The van der Waals surface area contributed by atoms with Crippen molar-refractivity contribution in [3.8, 4) is 0 Å². The molecule has 0 aromatic heterocycles. The van der Waals surface area contributed by atoms with Crippen LogP contribution in [0.1, 0.15) is 362 Å². The molecule has 5 atom stereocenters. The lowest BCUT2D eigenvalue weighted by molar-refractivity contribution is -0.161. The average Bonchev–Trinajstić information content (AvgIpc) is 1.04. The summed E-state index contributed by atoms with van der Waals surface area (Å²) < 4.78 is 68.5. The third kappa shape index (κ3) is 71.2. The van der Waals surface area contributed by atoms with E-state index in [0.717, 1.165) is 148 Å². The molecule has 2 unspecified atom stereocenters. The summed E-state index contributed by atoms with van der Waals surface area (Å²) in [7, 11) is -9.95. The van der Waals surface area contributed by atoms with E-state index in [1.807, 2.05) is 0 Å². The number of hydrogen-bond acceptors (Lipinski definition) is 15. The molecule has 19 heteroatoms. The van der Waals surface area contributed by atoms with Crippen molar-refractivity contribution in [2.75, 3.05) is 39.6 Å². The number of unbranched alkanes of at least 4 members (excludes halogenated alkanes) is 39. The second-order valence-electron chi connectivity index (χ2n) is 26.7. The maximum absolute atomic E-state index is 13.1. The van der Waals surface area contributed by atoms with E-state index in [1.165, 1.54) is 135 Å². The van der Waals surface area contributed by atoms with E-state index >= 15 is 0 Å². The Kier molecular flexibility index (Phi) is 69.7. The van der Waals surface area contributed by atoms with Crippen LogP contribution in [0.5, 0.6) is 0 Å². The molecule has 0 aromatic rings. The van der Waals surface area contributed by atoms with Gasteiger partial charge >= 0.3 is 39.5 Å². The van der Waals surface area contributed by atoms with Crippen molar-refractivity contribution in [2.45, 2.75) is 380 Å². The summed E-state index contributed by atoms with van der Waals surface area (Å²) in [6, 6.07) is 0. The molecule has 0 bridgehead atoms. The first kappa shape index (κ1) is 94.8. The highest BCUT2D eigenvalue weighted by Gasteiger charge is 2.30. The molecule has 0 aromatic carbocycles.